The number of sulfonamides is 1. The van der Waals surface area contributed by atoms with Crippen LogP contribution in [-0.2, 0) is 17.1 Å². The number of piperazine rings is 1. The third kappa shape index (κ3) is 3.43. The van der Waals surface area contributed by atoms with Gasteiger partial charge in [0.05, 0.1) is 16.8 Å². The molecule has 1 aromatic carbocycles. The summed E-state index contributed by atoms with van der Waals surface area (Å²) in [6.45, 7) is 5.58. The van der Waals surface area contributed by atoms with E-state index >= 15 is 0 Å². The third-order valence-corrected chi connectivity index (χ3v) is 7.40. The number of anilines is 1. The van der Waals surface area contributed by atoms with Crippen molar-refractivity contribution in [2.24, 2.45) is 7.05 Å². The van der Waals surface area contributed by atoms with Crippen molar-refractivity contribution < 1.29 is 8.42 Å². The summed E-state index contributed by atoms with van der Waals surface area (Å²) in [6, 6.07) is 5.21. The summed E-state index contributed by atoms with van der Waals surface area (Å²) in [6.07, 6.45) is 1.62. The molecule has 1 aliphatic heterocycles. The maximum atomic E-state index is 12.9. The lowest BCUT2D eigenvalue weighted by molar-refractivity contribution is 0.384. The molecule has 1 fully saturated rings. The normalized spacial score (nSPS) is 16.1. The molecule has 140 valence electrons. The predicted molar refractivity (Wildman–Crippen MR) is 104 cm³/mol. The van der Waals surface area contributed by atoms with Gasteiger partial charge < -0.3 is 4.90 Å². The zero-order valence-corrected chi connectivity index (χ0v) is 17.3. The van der Waals surface area contributed by atoms with Crippen molar-refractivity contribution in [1.29, 1.82) is 0 Å². The second-order valence-corrected chi connectivity index (χ2v) is 9.14. The van der Waals surface area contributed by atoms with E-state index in [-0.39, 0.29) is 5.56 Å². The monoisotopic (exact) mass is 440 g/mol. The quantitative estimate of drug-likeness (QED) is 0.725. The van der Waals surface area contributed by atoms with Crippen LogP contribution in [0, 0.1) is 13.8 Å². The smallest absolute Gasteiger partial charge is 0.282 e. The number of aryl methyl sites for hydroxylation is 3. The molecule has 0 bridgehead atoms. The highest BCUT2D eigenvalue weighted by molar-refractivity contribution is 9.10. The molecule has 0 radical (unpaired) electrons. The number of hydrogen-bond acceptors (Lipinski definition) is 5. The van der Waals surface area contributed by atoms with Gasteiger partial charge in [0, 0.05) is 33.2 Å². The summed E-state index contributed by atoms with van der Waals surface area (Å²) >= 11 is 3.33. The fourth-order valence-corrected chi connectivity index (χ4v) is 5.03. The van der Waals surface area contributed by atoms with E-state index in [0.29, 0.717) is 41.2 Å². The molecular formula is C17H21BrN4O3S. The Labute approximate surface area is 161 Å². The molecular weight excluding hydrogens is 420 g/mol. The number of nitrogens with zero attached hydrogens (tertiary/aromatic N) is 4. The minimum Gasteiger partial charge on any atom is -0.367 e. The first-order valence-electron chi connectivity index (χ1n) is 8.26. The zero-order chi connectivity index (χ0) is 19.1. The van der Waals surface area contributed by atoms with Crippen LogP contribution >= 0.6 is 15.9 Å². The maximum absolute atomic E-state index is 12.9. The van der Waals surface area contributed by atoms with Crippen molar-refractivity contribution in [1.82, 2.24) is 14.1 Å². The van der Waals surface area contributed by atoms with Gasteiger partial charge in [0.2, 0.25) is 10.0 Å². The van der Waals surface area contributed by atoms with Crippen molar-refractivity contribution in [2.75, 3.05) is 31.1 Å². The number of halogens is 1. The lowest BCUT2D eigenvalue weighted by Crippen LogP contribution is -2.49. The van der Waals surface area contributed by atoms with E-state index in [1.807, 2.05) is 24.8 Å². The highest BCUT2D eigenvalue weighted by Gasteiger charge is 2.29. The van der Waals surface area contributed by atoms with Crippen LogP contribution in [0.1, 0.15) is 11.1 Å². The molecule has 3 rings (SSSR count). The van der Waals surface area contributed by atoms with Gasteiger partial charge in [-0.1, -0.05) is 6.07 Å². The molecule has 1 saturated heterocycles. The number of benzene rings is 1. The van der Waals surface area contributed by atoms with Crippen LogP contribution in [0.25, 0.3) is 0 Å². The van der Waals surface area contributed by atoms with Gasteiger partial charge in [-0.15, -0.1) is 0 Å². The molecule has 2 aromatic rings. The van der Waals surface area contributed by atoms with Gasteiger partial charge in [-0.25, -0.2) is 13.1 Å². The Morgan fingerprint density at radius 3 is 2.35 bits per heavy atom. The molecule has 1 aliphatic rings. The second kappa shape index (κ2) is 7.13. The van der Waals surface area contributed by atoms with E-state index in [9.17, 15) is 13.2 Å². The van der Waals surface area contributed by atoms with E-state index < -0.39 is 10.0 Å². The van der Waals surface area contributed by atoms with Crippen molar-refractivity contribution in [3.8, 4) is 0 Å². The Balaban J connectivity index is 1.79. The lowest BCUT2D eigenvalue weighted by Gasteiger charge is -2.35. The fourth-order valence-electron chi connectivity index (χ4n) is 2.92. The minimum absolute atomic E-state index is 0.215. The first kappa shape index (κ1) is 19.1. The van der Waals surface area contributed by atoms with Gasteiger partial charge in [-0.3, -0.25) is 4.79 Å². The molecule has 0 saturated carbocycles. The third-order valence-electron chi connectivity index (χ3n) is 4.76. The summed E-state index contributed by atoms with van der Waals surface area (Å²) in [5.74, 6) is 0. The average Bonchev–Trinajstić information content (AvgIpc) is 2.62. The Kier molecular flexibility index (Phi) is 5.23. The topological polar surface area (TPSA) is 75.5 Å². The van der Waals surface area contributed by atoms with Crippen molar-refractivity contribution in [3.63, 3.8) is 0 Å². The molecule has 0 aliphatic carbocycles. The summed E-state index contributed by atoms with van der Waals surface area (Å²) in [5.41, 5.74) is 2.50. The van der Waals surface area contributed by atoms with Gasteiger partial charge >= 0.3 is 0 Å². The summed E-state index contributed by atoms with van der Waals surface area (Å²) in [4.78, 5) is 14.3. The largest absolute Gasteiger partial charge is 0.367 e. The standard InChI is InChI=1S/C17H21BrN4O3S/c1-12-4-5-14(10-13(12)2)26(24,25)22-8-6-21(7-9-22)15-11-19-20(3)17(23)16(15)18/h4-5,10-11H,6-9H2,1-3H3. The van der Waals surface area contributed by atoms with Crippen molar-refractivity contribution in [2.45, 2.75) is 18.7 Å². The SMILES string of the molecule is Cc1ccc(S(=O)(=O)N2CCN(c3cnn(C)c(=O)c3Br)CC2)cc1C. The van der Waals surface area contributed by atoms with E-state index in [1.165, 1.54) is 8.99 Å². The molecule has 2 heterocycles. The molecule has 1 aromatic heterocycles. The van der Waals surface area contributed by atoms with Crippen LogP contribution in [0.2, 0.25) is 0 Å². The van der Waals surface area contributed by atoms with Crippen LogP contribution < -0.4 is 10.5 Å². The van der Waals surface area contributed by atoms with Gasteiger partial charge in [0.25, 0.3) is 5.56 Å². The summed E-state index contributed by atoms with van der Waals surface area (Å²) < 4.78 is 29.0. The Morgan fingerprint density at radius 2 is 1.73 bits per heavy atom. The summed E-state index contributed by atoms with van der Waals surface area (Å²) in [7, 11) is -1.93. The highest BCUT2D eigenvalue weighted by Crippen LogP contribution is 2.25. The van der Waals surface area contributed by atoms with E-state index in [0.717, 1.165) is 11.1 Å². The van der Waals surface area contributed by atoms with Gasteiger partial charge in [-0.2, -0.15) is 9.40 Å². The van der Waals surface area contributed by atoms with Crippen molar-refractivity contribution >= 4 is 31.6 Å². The van der Waals surface area contributed by atoms with E-state index in [2.05, 4.69) is 21.0 Å². The van der Waals surface area contributed by atoms with E-state index in [4.69, 9.17) is 0 Å². The first-order chi connectivity index (χ1) is 12.2. The Bertz CT molecular complexity index is 996. The molecule has 0 unspecified atom stereocenters. The van der Waals surface area contributed by atoms with Gasteiger partial charge in [0.1, 0.15) is 4.47 Å². The van der Waals surface area contributed by atoms with E-state index in [1.54, 1.807) is 25.4 Å². The molecule has 0 spiro atoms. The van der Waals surface area contributed by atoms with Crippen LogP contribution in [0.5, 0.6) is 0 Å². The molecule has 7 nitrogen and oxygen atoms in total. The van der Waals surface area contributed by atoms with Crippen LogP contribution in [0.4, 0.5) is 5.69 Å². The van der Waals surface area contributed by atoms with Crippen LogP contribution in [-0.4, -0.2) is 48.7 Å². The molecule has 0 atom stereocenters. The second-order valence-electron chi connectivity index (χ2n) is 6.41. The average molecular weight is 441 g/mol. The van der Waals surface area contributed by atoms with Gasteiger partial charge in [0.15, 0.2) is 0 Å². The van der Waals surface area contributed by atoms with Crippen LogP contribution in [0.15, 0.2) is 38.6 Å². The molecule has 9 heteroatoms. The zero-order valence-electron chi connectivity index (χ0n) is 14.9. The molecule has 0 N–H and O–H groups in total. The number of hydrogen-bond donors (Lipinski definition) is 0. The Morgan fingerprint density at radius 1 is 1.08 bits per heavy atom. The molecule has 0 amide bonds. The first-order valence-corrected chi connectivity index (χ1v) is 10.5. The number of aromatic nitrogens is 2. The fraction of sp³-hybridized carbons (Fsp3) is 0.412. The predicted octanol–water partition coefficient (Wildman–Crippen LogP) is 1.67. The minimum atomic E-state index is -3.52. The Hall–Kier alpha value is -1.71. The summed E-state index contributed by atoms with van der Waals surface area (Å²) in [5, 5.41) is 4.05. The highest BCUT2D eigenvalue weighted by atomic mass is 79.9. The maximum Gasteiger partial charge on any atom is 0.282 e. The van der Waals surface area contributed by atoms with Crippen LogP contribution in [0.3, 0.4) is 0 Å². The number of rotatable bonds is 3. The van der Waals surface area contributed by atoms with Gasteiger partial charge in [-0.05, 0) is 53.0 Å². The lowest BCUT2D eigenvalue weighted by atomic mass is 10.1. The van der Waals surface area contributed by atoms with Crippen molar-refractivity contribution in [3.05, 3.63) is 50.3 Å². The molecule has 26 heavy (non-hydrogen) atoms.